The Kier molecular flexibility index (Phi) is 7.11. The molecule has 2 atom stereocenters. The van der Waals surface area contributed by atoms with Gasteiger partial charge in [-0.1, -0.05) is 30.3 Å². The summed E-state index contributed by atoms with van der Waals surface area (Å²) in [5, 5.41) is 3.01. The molecule has 1 saturated heterocycles. The molecule has 0 saturated carbocycles. The number of rotatable bonds is 7. The Balaban J connectivity index is 1.62. The van der Waals surface area contributed by atoms with Crippen LogP contribution in [0.2, 0.25) is 0 Å². The molecule has 34 heavy (non-hydrogen) atoms. The Morgan fingerprint density at radius 2 is 1.71 bits per heavy atom. The van der Waals surface area contributed by atoms with Crippen molar-refractivity contribution in [2.75, 3.05) is 27.3 Å². The highest BCUT2D eigenvalue weighted by molar-refractivity contribution is 5.95. The van der Waals surface area contributed by atoms with Gasteiger partial charge in [0.25, 0.3) is 5.91 Å². The minimum Gasteiger partial charge on any atom is -0.497 e. The SMILES string of the molecule is COc1ccc(OC)c([C@H]2CN(C(=O)c3ccc(F)cc3)C[C@H]2C(=O)NCc2ccccc2)c1. The van der Waals surface area contributed by atoms with E-state index < -0.39 is 11.7 Å². The zero-order valence-corrected chi connectivity index (χ0v) is 19.2. The van der Waals surface area contributed by atoms with Crippen molar-refractivity contribution in [3.05, 3.63) is 95.3 Å². The second-order valence-electron chi connectivity index (χ2n) is 8.24. The van der Waals surface area contributed by atoms with E-state index in [2.05, 4.69) is 5.32 Å². The summed E-state index contributed by atoms with van der Waals surface area (Å²) in [5.41, 5.74) is 2.17. The van der Waals surface area contributed by atoms with Crippen molar-refractivity contribution in [1.29, 1.82) is 0 Å². The number of nitrogens with zero attached hydrogens (tertiary/aromatic N) is 1. The molecule has 0 radical (unpaired) electrons. The summed E-state index contributed by atoms with van der Waals surface area (Å²) in [4.78, 5) is 28.2. The van der Waals surface area contributed by atoms with Crippen LogP contribution in [0.5, 0.6) is 11.5 Å². The fraction of sp³-hybridized carbons (Fsp3) is 0.259. The third-order valence-corrected chi connectivity index (χ3v) is 6.18. The summed E-state index contributed by atoms with van der Waals surface area (Å²) >= 11 is 0. The maximum atomic E-state index is 13.4. The standard InChI is InChI=1S/C27H27FN2O4/c1-33-21-12-13-25(34-2)22(14-21)23-16-30(27(32)19-8-10-20(28)11-9-19)17-24(23)26(31)29-15-18-6-4-3-5-7-18/h3-14,23-24H,15-17H2,1-2H3,(H,29,31)/t23-,24-/m1/s1. The number of hydrogen-bond acceptors (Lipinski definition) is 4. The first kappa shape index (κ1) is 23.3. The van der Waals surface area contributed by atoms with E-state index in [4.69, 9.17) is 9.47 Å². The van der Waals surface area contributed by atoms with E-state index in [0.717, 1.165) is 11.1 Å². The van der Waals surface area contributed by atoms with Gasteiger partial charge in [-0.3, -0.25) is 9.59 Å². The molecule has 1 fully saturated rings. The van der Waals surface area contributed by atoms with Gasteiger partial charge < -0.3 is 19.7 Å². The molecular formula is C27H27FN2O4. The van der Waals surface area contributed by atoms with E-state index in [1.165, 1.54) is 24.3 Å². The number of halogens is 1. The van der Waals surface area contributed by atoms with Gasteiger partial charge in [-0.25, -0.2) is 4.39 Å². The average molecular weight is 463 g/mol. The minimum atomic E-state index is -0.492. The highest BCUT2D eigenvalue weighted by Gasteiger charge is 2.42. The lowest BCUT2D eigenvalue weighted by molar-refractivity contribution is -0.125. The number of carbonyl (C=O) groups excluding carboxylic acids is 2. The number of ether oxygens (including phenoxy) is 2. The number of methoxy groups -OCH3 is 2. The fourth-order valence-electron chi connectivity index (χ4n) is 4.37. The highest BCUT2D eigenvalue weighted by Crippen LogP contribution is 2.40. The molecular weight excluding hydrogens is 435 g/mol. The lowest BCUT2D eigenvalue weighted by Crippen LogP contribution is -2.35. The van der Waals surface area contributed by atoms with Gasteiger partial charge in [0.05, 0.1) is 20.1 Å². The zero-order chi connectivity index (χ0) is 24.1. The van der Waals surface area contributed by atoms with Gasteiger partial charge in [-0.2, -0.15) is 0 Å². The molecule has 0 aliphatic carbocycles. The number of hydrogen-bond donors (Lipinski definition) is 1. The first-order chi connectivity index (χ1) is 16.5. The summed E-state index contributed by atoms with van der Waals surface area (Å²) in [6.07, 6.45) is 0. The van der Waals surface area contributed by atoms with Crippen molar-refractivity contribution in [2.45, 2.75) is 12.5 Å². The Morgan fingerprint density at radius 1 is 0.971 bits per heavy atom. The monoisotopic (exact) mass is 462 g/mol. The van der Waals surface area contributed by atoms with Crippen LogP contribution >= 0.6 is 0 Å². The van der Waals surface area contributed by atoms with Gasteiger partial charge >= 0.3 is 0 Å². The molecule has 0 bridgehead atoms. The van der Waals surface area contributed by atoms with Crippen molar-refractivity contribution in [3.8, 4) is 11.5 Å². The molecule has 6 nitrogen and oxygen atoms in total. The van der Waals surface area contributed by atoms with Crippen LogP contribution in [0.25, 0.3) is 0 Å². The Morgan fingerprint density at radius 3 is 2.38 bits per heavy atom. The Hall–Kier alpha value is -3.87. The van der Waals surface area contributed by atoms with Crippen LogP contribution in [0.1, 0.15) is 27.4 Å². The van der Waals surface area contributed by atoms with Crippen LogP contribution in [0, 0.1) is 11.7 Å². The van der Waals surface area contributed by atoms with E-state index in [9.17, 15) is 14.0 Å². The lowest BCUT2D eigenvalue weighted by Gasteiger charge is -2.21. The number of benzene rings is 3. The topological polar surface area (TPSA) is 67.9 Å². The summed E-state index contributed by atoms with van der Waals surface area (Å²) in [5.74, 6) is -0.321. The van der Waals surface area contributed by atoms with Crippen LogP contribution in [0.15, 0.2) is 72.8 Å². The van der Waals surface area contributed by atoms with E-state index in [0.29, 0.717) is 30.2 Å². The molecule has 1 N–H and O–H groups in total. The molecule has 3 aromatic rings. The lowest BCUT2D eigenvalue weighted by atomic mass is 9.87. The summed E-state index contributed by atoms with van der Waals surface area (Å²) < 4.78 is 24.3. The average Bonchev–Trinajstić information content (AvgIpc) is 3.33. The third kappa shape index (κ3) is 5.03. The van der Waals surface area contributed by atoms with Crippen LogP contribution in [0.4, 0.5) is 4.39 Å². The minimum absolute atomic E-state index is 0.145. The second-order valence-corrected chi connectivity index (χ2v) is 8.24. The fourth-order valence-corrected chi connectivity index (χ4v) is 4.37. The van der Waals surface area contributed by atoms with Crippen LogP contribution in [-0.2, 0) is 11.3 Å². The van der Waals surface area contributed by atoms with Crippen molar-refractivity contribution in [3.63, 3.8) is 0 Å². The van der Waals surface area contributed by atoms with Crippen molar-refractivity contribution in [2.24, 2.45) is 5.92 Å². The molecule has 2 amide bonds. The summed E-state index contributed by atoms with van der Waals surface area (Å²) in [6.45, 7) is 0.953. The highest BCUT2D eigenvalue weighted by atomic mass is 19.1. The van der Waals surface area contributed by atoms with E-state index in [-0.39, 0.29) is 24.3 Å². The van der Waals surface area contributed by atoms with Crippen molar-refractivity contribution < 1.29 is 23.5 Å². The molecule has 0 unspecified atom stereocenters. The van der Waals surface area contributed by atoms with Crippen molar-refractivity contribution in [1.82, 2.24) is 10.2 Å². The number of carbonyl (C=O) groups is 2. The molecule has 176 valence electrons. The maximum absolute atomic E-state index is 13.4. The first-order valence-electron chi connectivity index (χ1n) is 11.1. The second kappa shape index (κ2) is 10.4. The van der Waals surface area contributed by atoms with Crippen LogP contribution in [-0.4, -0.2) is 44.0 Å². The molecule has 0 spiro atoms. The molecule has 3 aromatic carbocycles. The van der Waals surface area contributed by atoms with Gasteiger partial charge in [-0.15, -0.1) is 0 Å². The molecule has 4 rings (SSSR count). The quantitative estimate of drug-likeness (QED) is 0.576. The van der Waals surface area contributed by atoms with Crippen molar-refractivity contribution >= 4 is 11.8 Å². The molecule has 7 heteroatoms. The van der Waals surface area contributed by atoms with E-state index in [1.54, 1.807) is 31.3 Å². The number of likely N-dealkylation sites (tertiary alicyclic amines) is 1. The summed E-state index contributed by atoms with van der Waals surface area (Å²) in [6, 6.07) is 20.5. The Labute approximate surface area is 198 Å². The largest absolute Gasteiger partial charge is 0.497 e. The third-order valence-electron chi connectivity index (χ3n) is 6.18. The van der Waals surface area contributed by atoms with Gasteiger partial charge in [0.2, 0.25) is 5.91 Å². The van der Waals surface area contributed by atoms with E-state index in [1.807, 2.05) is 36.4 Å². The molecule has 1 aliphatic rings. The van der Waals surface area contributed by atoms with Gasteiger partial charge in [0.15, 0.2) is 0 Å². The van der Waals surface area contributed by atoms with Gasteiger partial charge in [-0.05, 0) is 48.0 Å². The summed E-state index contributed by atoms with van der Waals surface area (Å²) in [7, 11) is 3.15. The predicted molar refractivity (Wildman–Crippen MR) is 126 cm³/mol. The molecule has 0 aromatic heterocycles. The Bertz CT molecular complexity index is 1150. The van der Waals surface area contributed by atoms with Gasteiger partial charge in [0.1, 0.15) is 17.3 Å². The van der Waals surface area contributed by atoms with E-state index >= 15 is 0 Å². The molecule has 1 heterocycles. The van der Waals surface area contributed by atoms with Crippen LogP contribution in [0.3, 0.4) is 0 Å². The number of nitrogens with one attached hydrogen (secondary N) is 1. The first-order valence-corrected chi connectivity index (χ1v) is 11.1. The molecule has 1 aliphatic heterocycles. The zero-order valence-electron chi connectivity index (χ0n) is 19.2. The smallest absolute Gasteiger partial charge is 0.253 e. The number of amides is 2. The van der Waals surface area contributed by atoms with Gasteiger partial charge in [0, 0.05) is 36.7 Å². The predicted octanol–water partition coefficient (Wildman–Crippen LogP) is 4.02. The normalized spacial score (nSPS) is 17.3. The maximum Gasteiger partial charge on any atom is 0.253 e. The van der Waals surface area contributed by atoms with Crippen LogP contribution < -0.4 is 14.8 Å².